The number of nitrogens with zero attached hydrogens (tertiary/aromatic N) is 2. The van der Waals surface area contributed by atoms with Crippen LogP contribution in [0.4, 0.5) is 0 Å². The van der Waals surface area contributed by atoms with E-state index >= 15 is 0 Å². The van der Waals surface area contributed by atoms with E-state index in [1.54, 1.807) is 19.5 Å². The Kier molecular flexibility index (Phi) is 4.35. The molecule has 0 aliphatic carbocycles. The molecule has 2 heterocycles. The third-order valence-corrected chi connectivity index (χ3v) is 3.41. The number of ether oxygens (including phenoxy) is 1. The van der Waals surface area contributed by atoms with Crippen molar-refractivity contribution in [2.24, 2.45) is 0 Å². The van der Waals surface area contributed by atoms with Gasteiger partial charge in [-0.1, -0.05) is 0 Å². The molecule has 4 heteroatoms. The average molecular weight is 272 g/mol. The van der Waals surface area contributed by atoms with Crippen LogP contribution in [0.15, 0.2) is 24.5 Å². The number of aryl methyl sites for hydroxylation is 2. The lowest BCUT2D eigenvalue weighted by Crippen LogP contribution is -2.08. The predicted octanol–water partition coefficient (Wildman–Crippen LogP) is 2.69. The van der Waals surface area contributed by atoms with Gasteiger partial charge < -0.3 is 9.84 Å². The first-order chi connectivity index (χ1) is 9.52. The Morgan fingerprint density at radius 3 is 2.65 bits per heavy atom. The lowest BCUT2D eigenvalue weighted by molar-refractivity contribution is 0.172. The second-order valence-corrected chi connectivity index (χ2v) is 5.02. The molecule has 0 aliphatic heterocycles. The molecule has 0 saturated heterocycles. The smallest absolute Gasteiger partial charge is 0.128 e. The fourth-order valence-electron chi connectivity index (χ4n) is 2.31. The van der Waals surface area contributed by atoms with Gasteiger partial charge in [-0.05, 0) is 38.5 Å². The lowest BCUT2D eigenvalue weighted by atomic mass is 10.0. The van der Waals surface area contributed by atoms with Gasteiger partial charge in [-0.15, -0.1) is 0 Å². The van der Waals surface area contributed by atoms with Crippen LogP contribution in [-0.2, 0) is 6.42 Å². The summed E-state index contributed by atoms with van der Waals surface area (Å²) in [6, 6.07) is 3.81. The molecule has 1 atom stereocenters. The molecular weight excluding hydrogens is 252 g/mol. The summed E-state index contributed by atoms with van der Waals surface area (Å²) in [6.07, 6.45) is 3.26. The Labute approximate surface area is 119 Å². The van der Waals surface area contributed by atoms with E-state index in [-0.39, 0.29) is 0 Å². The molecule has 2 rings (SSSR count). The molecule has 1 unspecified atom stereocenters. The second kappa shape index (κ2) is 6.01. The molecule has 2 aromatic heterocycles. The van der Waals surface area contributed by atoms with Gasteiger partial charge in [-0.2, -0.15) is 0 Å². The van der Waals surface area contributed by atoms with Gasteiger partial charge in [0.1, 0.15) is 11.9 Å². The number of aliphatic hydroxyl groups excluding tert-OH is 1. The minimum absolute atomic E-state index is 0.429. The maximum Gasteiger partial charge on any atom is 0.128 e. The summed E-state index contributed by atoms with van der Waals surface area (Å²) in [7, 11) is 1.65. The maximum atomic E-state index is 10.3. The summed E-state index contributed by atoms with van der Waals surface area (Å²) < 4.78 is 5.39. The van der Waals surface area contributed by atoms with E-state index in [0.29, 0.717) is 12.1 Å². The summed E-state index contributed by atoms with van der Waals surface area (Å²) in [6.45, 7) is 5.90. The van der Waals surface area contributed by atoms with E-state index in [4.69, 9.17) is 4.74 Å². The lowest BCUT2D eigenvalue weighted by Gasteiger charge is -2.15. The molecule has 0 radical (unpaired) electrons. The van der Waals surface area contributed by atoms with E-state index in [1.165, 1.54) is 0 Å². The quantitative estimate of drug-likeness (QED) is 0.929. The Hall–Kier alpha value is -1.94. The first-order valence-electron chi connectivity index (χ1n) is 6.62. The minimum Gasteiger partial charge on any atom is -0.496 e. The molecule has 2 aromatic rings. The second-order valence-electron chi connectivity index (χ2n) is 5.02. The van der Waals surface area contributed by atoms with E-state index in [9.17, 15) is 5.11 Å². The van der Waals surface area contributed by atoms with Gasteiger partial charge in [0.25, 0.3) is 0 Å². The number of aromatic nitrogens is 2. The van der Waals surface area contributed by atoms with Crippen molar-refractivity contribution < 1.29 is 9.84 Å². The SMILES string of the molecule is COc1c(C)cnc(CC(O)c2cc(C)ccn2)c1C. The van der Waals surface area contributed by atoms with Crippen LogP contribution < -0.4 is 4.74 Å². The van der Waals surface area contributed by atoms with Crippen LogP contribution in [0.2, 0.25) is 0 Å². The summed E-state index contributed by atoms with van der Waals surface area (Å²) in [4.78, 5) is 8.62. The van der Waals surface area contributed by atoms with Crippen molar-refractivity contribution in [1.82, 2.24) is 9.97 Å². The first-order valence-corrected chi connectivity index (χ1v) is 6.62. The van der Waals surface area contributed by atoms with Crippen LogP contribution in [0.1, 0.15) is 34.2 Å². The number of pyridine rings is 2. The van der Waals surface area contributed by atoms with Gasteiger partial charge in [-0.3, -0.25) is 9.97 Å². The highest BCUT2D eigenvalue weighted by atomic mass is 16.5. The van der Waals surface area contributed by atoms with E-state index in [1.807, 2.05) is 32.9 Å². The van der Waals surface area contributed by atoms with Crippen molar-refractivity contribution in [2.45, 2.75) is 33.3 Å². The molecule has 0 fully saturated rings. The molecule has 0 amide bonds. The molecule has 0 bridgehead atoms. The van der Waals surface area contributed by atoms with Gasteiger partial charge in [0.15, 0.2) is 0 Å². The topological polar surface area (TPSA) is 55.2 Å². The van der Waals surface area contributed by atoms with Crippen LogP contribution in [0, 0.1) is 20.8 Å². The standard InChI is InChI=1S/C16H20N2O2/c1-10-5-6-17-14(7-10)15(19)8-13-12(3)16(20-4)11(2)9-18-13/h5-7,9,15,19H,8H2,1-4H3. The van der Waals surface area contributed by atoms with E-state index in [0.717, 1.165) is 28.1 Å². The van der Waals surface area contributed by atoms with Crippen LogP contribution in [0.5, 0.6) is 5.75 Å². The Morgan fingerprint density at radius 1 is 1.25 bits per heavy atom. The van der Waals surface area contributed by atoms with Crippen molar-refractivity contribution >= 4 is 0 Å². The van der Waals surface area contributed by atoms with Crippen LogP contribution in [0.3, 0.4) is 0 Å². The monoisotopic (exact) mass is 272 g/mol. The van der Waals surface area contributed by atoms with Gasteiger partial charge in [0.2, 0.25) is 0 Å². The fourth-order valence-corrected chi connectivity index (χ4v) is 2.31. The van der Waals surface area contributed by atoms with Crippen molar-refractivity contribution in [3.63, 3.8) is 0 Å². The minimum atomic E-state index is -0.659. The summed E-state index contributed by atoms with van der Waals surface area (Å²) >= 11 is 0. The van der Waals surface area contributed by atoms with Crippen molar-refractivity contribution in [1.29, 1.82) is 0 Å². The fraction of sp³-hybridized carbons (Fsp3) is 0.375. The van der Waals surface area contributed by atoms with Crippen LogP contribution in [-0.4, -0.2) is 22.2 Å². The largest absolute Gasteiger partial charge is 0.496 e. The number of hydrogen-bond donors (Lipinski definition) is 1. The van der Waals surface area contributed by atoms with Crippen molar-refractivity contribution in [3.05, 3.63) is 52.6 Å². The predicted molar refractivity (Wildman–Crippen MR) is 77.9 cm³/mol. The average Bonchev–Trinajstić information content (AvgIpc) is 2.42. The molecule has 0 spiro atoms. The molecule has 1 N–H and O–H groups in total. The van der Waals surface area contributed by atoms with E-state index < -0.39 is 6.10 Å². The summed E-state index contributed by atoms with van der Waals surface area (Å²) in [5, 5.41) is 10.3. The number of aliphatic hydroxyl groups is 1. The van der Waals surface area contributed by atoms with Crippen LogP contribution in [0.25, 0.3) is 0 Å². The highest BCUT2D eigenvalue weighted by molar-refractivity contribution is 5.41. The highest BCUT2D eigenvalue weighted by Crippen LogP contribution is 2.26. The van der Waals surface area contributed by atoms with Gasteiger partial charge in [0.05, 0.1) is 12.8 Å². The zero-order valence-electron chi connectivity index (χ0n) is 12.3. The maximum absolute atomic E-state index is 10.3. The van der Waals surface area contributed by atoms with Crippen molar-refractivity contribution in [2.75, 3.05) is 7.11 Å². The number of rotatable bonds is 4. The third kappa shape index (κ3) is 2.96. The third-order valence-electron chi connectivity index (χ3n) is 3.41. The van der Waals surface area contributed by atoms with E-state index in [2.05, 4.69) is 9.97 Å². The van der Waals surface area contributed by atoms with Gasteiger partial charge in [0, 0.05) is 35.6 Å². The Morgan fingerprint density at radius 2 is 2.00 bits per heavy atom. The number of methoxy groups -OCH3 is 1. The Bertz CT molecular complexity index is 611. The molecule has 0 aliphatic rings. The highest BCUT2D eigenvalue weighted by Gasteiger charge is 2.15. The molecular formula is C16H20N2O2. The first kappa shape index (κ1) is 14.5. The molecule has 20 heavy (non-hydrogen) atoms. The van der Waals surface area contributed by atoms with Crippen LogP contribution >= 0.6 is 0 Å². The molecule has 0 aromatic carbocycles. The zero-order valence-corrected chi connectivity index (χ0v) is 12.3. The zero-order chi connectivity index (χ0) is 14.7. The molecule has 4 nitrogen and oxygen atoms in total. The molecule has 0 saturated carbocycles. The Balaban J connectivity index is 2.26. The van der Waals surface area contributed by atoms with Crippen molar-refractivity contribution in [3.8, 4) is 5.75 Å². The normalized spacial score (nSPS) is 12.2. The summed E-state index contributed by atoms with van der Waals surface area (Å²) in [5.41, 5.74) is 4.56. The molecule has 106 valence electrons. The number of hydrogen-bond acceptors (Lipinski definition) is 4. The van der Waals surface area contributed by atoms with Gasteiger partial charge >= 0.3 is 0 Å². The van der Waals surface area contributed by atoms with Gasteiger partial charge in [-0.25, -0.2) is 0 Å². The summed E-state index contributed by atoms with van der Waals surface area (Å²) in [5.74, 6) is 0.833.